The predicted octanol–water partition coefficient (Wildman–Crippen LogP) is 2.65. The predicted molar refractivity (Wildman–Crippen MR) is 71.1 cm³/mol. The summed E-state index contributed by atoms with van der Waals surface area (Å²) in [5.74, 6) is 0. The van der Waals surface area contributed by atoms with Crippen molar-refractivity contribution in [3.8, 4) is 10.6 Å². The van der Waals surface area contributed by atoms with Gasteiger partial charge in [-0.2, -0.15) is 0 Å². The van der Waals surface area contributed by atoms with Crippen LogP contribution in [0.4, 0.5) is 0 Å². The Bertz CT molecular complexity index is 567. The standard InChI is InChI=1S/C13H15N3OS/c1-2-11(14)13-16-15-12(18-13)8-3-4-9-6-17-7-10(9)5-8/h3-5,11H,2,6-7,14H2,1H3. The minimum absolute atomic E-state index is 0.00555. The number of ether oxygens (including phenoxy) is 1. The third kappa shape index (κ3) is 2.05. The van der Waals surface area contributed by atoms with Gasteiger partial charge in [0.2, 0.25) is 0 Å². The molecule has 2 heterocycles. The van der Waals surface area contributed by atoms with Gasteiger partial charge in [-0.05, 0) is 23.6 Å². The summed E-state index contributed by atoms with van der Waals surface area (Å²) in [6.07, 6.45) is 0.882. The van der Waals surface area contributed by atoms with E-state index in [4.69, 9.17) is 10.5 Å². The van der Waals surface area contributed by atoms with Crippen LogP contribution in [-0.2, 0) is 18.0 Å². The maximum atomic E-state index is 5.96. The molecule has 18 heavy (non-hydrogen) atoms. The molecule has 1 atom stereocenters. The zero-order valence-corrected chi connectivity index (χ0v) is 11.0. The molecule has 1 unspecified atom stereocenters. The molecule has 2 N–H and O–H groups in total. The Kier molecular flexibility index (Phi) is 3.11. The van der Waals surface area contributed by atoms with Gasteiger partial charge >= 0.3 is 0 Å². The summed E-state index contributed by atoms with van der Waals surface area (Å²) in [7, 11) is 0. The number of nitrogens with zero attached hydrogens (tertiary/aromatic N) is 2. The first-order valence-electron chi connectivity index (χ1n) is 6.07. The van der Waals surface area contributed by atoms with E-state index >= 15 is 0 Å². The maximum absolute atomic E-state index is 5.96. The summed E-state index contributed by atoms with van der Waals surface area (Å²) < 4.78 is 5.41. The molecule has 1 aliphatic rings. The van der Waals surface area contributed by atoms with Gasteiger partial charge in [0.05, 0.1) is 19.3 Å². The molecule has 0 fully saturated rings. The molecule has 4 nitrogen and oxygen atoms in total. The Morgan fingerprint density at radius 3 is 3.00 bits per heavy atom. The van der Waals surface area contributed by atoms with Gasteiger partial charge in [-0.3, -0.25) is 0 Å². The second-order valence-electron chi connectivity index (χ2n) is 4.44. The lowest BCUT2D eigenvalue weighted by molar-refractivity contribution is 0.134. The molecule has 0 saturated carbocycles. The van der Waals surface area contributed by atoms with Gasteiger partial charge < -0.3 is 10.5 Å². The molecule has 0 amide bonds. The van der Waals surface area contributed by atoms with Crippen LogP contribution in [0.3, 0.4) is 0 Å². The summed E-state index contributed by atoms with van der Waals surface area (Å²) in [5.41, 5.74) is 9.59. The Hall–Kier alpha value is -1.30. The molecule has 0 bridgehead atoms. The largest absolute Gasteiger partial charge is 0.372 e. The van der Waals surface area contributed by atoms with Gasteiger partial charge in [-0.25, -0.2) is 0 Å². The molecule has 0 radical (unpaired) electrons. The number of hydrogen-bond acceptors (Lipinski definition) is 5. The van der Waals surface area contributed by atoms with E-state index < -0.39 is 0 Å². The molecule has 0 spiro atoms. The first-order chi connectivity index (χ1) is 8.78. The van der Waals surface area contributed by atoms with Crippen molar-refractivity contribution in [3.63, 3.8) is 0 Å². The Labute approximate surface area is 110 Å². The van der Waals surface area contributed by atoms with Crippen molar-refractivity contribution < 1.29 is 4.74 Å². The molecule has 1 aromatic carbocycles. The van der Waals surface area contributed by atoms with Crippen LogP contribution in [-0.4, -0.2) is 10.2 Å². The molecule has 94 valence electrons. The van der Waals surface area contributed by atoms with Crippen LogP contribution in [0.1, 0.15) is 35.5 Å². The van der Waals surface area contributed by atoms with Gasteiger partial charge in [-0.1, -0.05) is 30.4 Å². The lowest BCUT2D eigenvalue weighted by atomic mass is 10.1. The van der Waals surface area contributed by atoms with Crippen molar-refractivity contribution in [1.82, 2.24) is 10.2 Å². The lowest BCUT2D eigenvalue weighted by Crippen LogP contribution is -2.07. The highest BCUT2D eigenvalue weighted by Gasteiger charge is 2.15. The van der Waals surface area contributed by atoms with E-state index in [0.29, 0.717) is 6.61 Å². The molecule has 3 rings (SSSR count). The minimum atomic E-state index is -0.00555. The maximum Gasteiger partial charge on any atom is 0.147 e. The molecular formula is C13H15N3OS. The zero-order chi connectivity index (χ0) is 12.5. The fourth-order valence-corrected chi connectivity index (χ4v) is 2.91. The fourth-order valence-electron chi connectivity index (χ4n) is 1.98. The number of aromatic nitrogens is 2. The van der Waals surface area contributed by atoms with Crippen molar-refractivity contribution >= 4 is 11.3 Å². The lowest BCUT2D eigenvalue weighted by Gasteiger charge is -2.01. The highest BCUT2D eigenvalue weighted by Crippen LogP contribution is 2.30. The van der Waals surface area contributed by atoms with Crippen LogP contribution >= 0.6 is 11.3 Å². The summed E-state index contributed by atoms with van der Waals surface area (Å²) in [5, 5.41) is 10.2. The SMILES string of the molecule is CCC(N)c1nnc(-c2ccc3c(c2)COC3)s1. The van der Waals surface area contributed by atoms with Crippen LogP contribution in [0, 0.1) is 0 Å². The van der Waals surface area contributed by atoms with Crippen molar-refractivity contribution in [2.24, 2.45) is 5.73 Å². The normalized spacial score (nSPS) is 15.7. The Morgan fingerprint density at radius 2 is 2.17 bits per heavy atom. The van der Waals surface area contributed by atoms with Gasteiger partial charge in [0.15, 0.2) is 0 Å². The molecule has 0 aliphatic carbocycles. The molecule has 1 aromatic heterocycles. The second kappa shape index (κ2) is 4.76. The molecule has 2 aromatic rings. The number of nitrogens with two attached hydrogens (primary N) is 1. The van der Waals surface area contributed by atoms with E-state index in [2.05, 4.69) is 35.3 Å². The molecule has 1 aliphatic heterocycles. The smallest absolute Gasteiger partial charge is 0.147 e. The van der Waals surface area contributed by atoms with E-state index in [1.165, 1.54) is 11.1 Å². The molecule has 5 heteroatoms. The average molecular weight is 261 g/mol. The fraction of sp³-hybridized carbons (Fsp3) is 0.385. The van der Waals surface area contributed by atoms with Crippen LogP contribution in [0.25, 0.3) is 10.6 Å². The number of fused-ring (bicyclic) bond motifs is 1. The number of rotatable bonds is 3. The van der Waals surface area contributed by atoms with Gasteiger partial charge in [0, 0.05) is 5.56 Å². The van der Waals surface area contributed by atoms with Crippen LogP contribution in [0.15, 0.2) is 18.2 Å². The van der Waals surface area contributed by atoms with E-state index in [0.717, 1.165) is 28.6 Å². The summed E-state index contributed by atoms with van der Waals surface area (Å²) in [4.78, 5) is 0. The first kappa shape index (κ1) is 11.8. The summed E-state index contributed by atoms with van der Waals surface area (Å²) >= 11 is 1.58. The van der Waals surface area contributed by atoms with E-state index in [-0.39, 0.29) is 6.04 Å². The van der Waals surface area contributed by atoms with E-state index in [1.54, 1.807) is 11.3 Å². The van der Waals surface area contributed by atoms with E-state index in [1.807, 2.05) is 0 Å². The van der Waals surface area contributed by atoms with Crippen molar-refractivity contribution in [2.75, 3.05) is 0 Å². The van der Waals surface area contributed by atoms with Crippen molar-refractivity contribution in [2.45, 2.75) is 32.6 Å². The Balaban J connectivity index is 1.92. The summed E-state index contributed by atoms with van der Waals surface area (Å²) in [6.45, 7) is 3.47. The van der Waals surface area contributed by atoms with Crippen LogP contribution in [0.2, 0.25) is 0 Å². The third-order valence-electron chi connectivity index (χ3n) is 3.17. The average Bonchev–Trinajstić information content (AvgIpc) is 3.05. The molecule has 0 saturated heterocycles. The minimum Gasteiger partial charge on any atom is -0.372 e. The zero-order valence-electron chi connectivity index (χ0n) is 10.2. The molecular weight excluding hydrogens is 246 g/mol. The Morgan fingerprint density at radius 1 is 1.33 bits per heavy atom. The van der Waals surface area contributed by atoms with Gasteiger partial charge in [0.1, 0.15) is 10.0 Å². The number of benzene rings is 1. The van der Waals surface area contributed by atoms with Crippen molar-refractivity contribution in [1.29, 1.82) is 0 Å². The van der Waals surface area contributed by atoms with Gasteiger partial charge in [-0.15, -0.1) is 10.2 Å². The highest BCUT2D eigenvalue weighted by molar-refractivity contribution is 7.14. The highest BCUT2D eigenvalue weighted by atomic mass is 32.1. The van der Waals surface area contributed by atoms with Crippen LogP contribution < -0.4 is 5.73 Å². The van der Waals surface area contributed by atoms with Gasteiger partial charge in [0.25, 0.3) is 0 Å². The summed E-state index contributed by atoms with van der Waals surface area (Å²) in [6, 6.07) is 6.33. The second-order valence-corrected chi connectivity index (χ2v) is 5.45. The third-order valence-corrected chi connectivity index (χ3v) is 4.27. The monoisotopic (exact) mass is 261 g/mol. The number of hydrogen-bond donors (Lipinski definition) is 1. The van der Waals surface area contributed by atoms with Crippen LogP contribution in [0.5, 0.6) is 0 Å². The topological polar surface area (TPSA) is 61.0 Å². The quantitative estimate of drug-likeness (QED) is 0.922. The van der Waals surface area contributed by atoms with Crippen molar-refractivity contribution in [3.05, 3.63) is 34.3 Å². The first-order valence-corrected chi connectivity index (χ1v) is 6.88. The van der Waals surface area contributed by atoms with E-state index in [9.17, 15) is 0 Å².